The van der Waals surface area contributed by atoms with Crippen LogP contribution in [0.3, 0.4) is 0 Å². The van der Waals surface area contributed by atoms with Gasteiger partial charge in [0.15, 0.2) is 0 Å². The van der Waals surface area contributed by atoms with E-state index in [1.165, 1.54) is 0 Å². The maximum atomic E-state index is 13.4. The minimum Gasteiger partial charge on any atom is -0.465 e. The Labute approximate surface area is 154 Å². The van der Waals surface area contributed by atoms with Gasteiger partial charge in [0.05, 0.1) is 31.0 Å². The quantitative estimate of drug-likeness (QED) is 0.364. The highest BCUT2D eigenvalue weighted by Crippen LogP contribution is 2.40. The van der Waals surface area contributed by atoms with Crippen molar-refractivity contribution >= 4 is 22.1 Å². The first-order valence-corrected chi connectivity index (χ1v) is 9.74. The van der Waals surface area contributed by atoms with E-state index in [-0.39, 0.29) is 6.42 Å². The number of alkyl halides is 4. The van der Waals surface area contributed by atoms with E-state index in [2.05, 4.69) is 4.74 Å². The summed E-state index contributed by atoms with van der Waals surface area (Å²) in [5.41, 5.74) is 0. The van der Waals surface area contributed by atoms with E-state index in [4.69, 9.17) is 9.29 Å². The van der Waals surface area contributed by atoms with E-state index in [1.54, 1.807) is 13.8 Å². The third-order valence-electron chi connectivity index (χ3n) is 4.13. The molecule has 12 heteroatoms. The van der Waals surface area contributed by atoms with Crippen molar-refractivity contribution in [3.63, 3.8) is 0 Å². The predicted octanol–water partition coefficient (Wildman–Crippen LogP) is 2.79. The van der Waals surface area contributed by atoms with E-state index in [0.717, 1.165) is 0 Å². The molecule has 2 atom stereocenters. The van der Waals surface area contributed by atoms with Gasteiger partial charge in [-0.2, -0.15) is 26.0 Å². The van der Waals surface area contributed by atoms with Crippen LogP contribution in [0, 0.1) is 11.8 Å². The van der Waals surface area contributed by atoms with Crippen molar-refractivity contribution < 1.29 is 49.6 Å². The van der Waals surface area contributed by atoms with Crippen LogP contribution in [0.15, 0.2) is 0 Å². The molecule has 1 aliphatic rings. The van der Waals surface area contributed by atoms with Crippen LogP contribution >= 0.6 is 0 Å². The Morgan fingerprint density at radius 1 is 1.07 bits per heavy atom. The summed E-state index contributed by atoms with van der Waals surface area (Å²) in [6, 6.07) is 0. The van der Waals surface area contributed by atoms with E-state index in [1.807, 2.05) is 0 Å². The van der Waals surface area contributed by atoms with E-state index in [0.29, 0.717) is 19.3 Å². The van der Waals surface area contributed by atoms with Crippen molar-refractivity contribution in [2.75, 3.05) is 6.61 Å². The molecule has 1 aliphatic carbocycles. The van der Waals surface area contributed by atoms with Crippen LogP contribution in [0.5, 0.6) is 0 Å². The summed E-state index contributed by atoms with van der Waals surface area (Å²) in [5.74, 6) is -8.58. The van der Waals surface area contributed by atoms with Gasteiger partial charge >= 0.3 is 33.2 Å². The van der Waals surface area contributed by atoms with Crippen LogP contribution in [-0.4, -0.2) is 48.8 Å². The highest BCUT2D eigenvalue weighted by atomic mass is 32.2. The second-order valence-corrected chi connectivity index (χ2v) is 8.06. The summed E-state index contributed by atoms with van der Waals surface area (Å²) in [4.78, 5) is 24.2. The molecule has 0 amide bonds. The summed E-state index contributed by atoms with van der Waals surface area (Å²) < 4.78 is 91.6. The molecule has 0 saturated heterocycles. The number of carbonyl (C=O) groups excluding carboxylic acids is 2. The van der Waals surface area contributed by atoms with Crippen molar-refractivity contribution in [3.05, 3.63) is 0 Å². The number of carbonyl (C=O) groups is 2. The fourth-order valence-electron chi connectivity index (χ4n) is 2.74. The Balaban J connectivity index is 2.71. The zero-order chi connectivity index (χ0) is 21.0. The number of halogens is 4. The minimum atomic E-state index is -6.35. The van der Waals surface area contributed by atoms with Gasteiger partial charge in [0.2, 0.25) is 0 Å². The molecule has 0 heterocycles. The zero-order valence-corrected chi connectivity index (χ0v) is 15.6. The molecule has 0 spiro atoms. The fraction of sp³-hybridized carbons (Fsp3) is 0.867. The van der Waals surface area contributed by atoms with Gasteiger partial charge < -0.3 is 9.47 Å². The third kappa shape index (κ3) is 5.77. The summed E-state index contributed by atoms with van der Waals surface area (Å²) in [7, 11) is -6.35. The van der Waals surface area contributed by atoms with Crippen LogP contribution in [-0.2, 0) is 29.2 Å². The average Bonchev–Trinajstić information content (AvgIpc) is 2.52. The van der Waals surface area contributed by atoms with Crippen molar-refractivity contribution in [2.24, 2.45) is 11.8 Å². The third-order valence-corrected chi connectivity index (χ3v) is 5.08. The minimum absolute atomic E-state index is 0.244. The van der Waals surface area contributed by atoms with Gasteiger partial charge in [0.1, 0.15) is 0 Å². The molecule has 1 N–H and O–H groups in total. The van der Waals surface area contributed by atoms with E-state index in [9.17, 15) is 35.6 Å². The Kier molecular flexibility index (Phi) is 7.62. The standard InChI is InChI=1S/C15H22F4O7S/c1-9(2)26-13(21)11-6-4-3-5-10(11)12(20)25-8-7-14(16,17)15(18,19)27(22,23)24/h9-11H,3-8H2,1-2H3,(H,22,23,24). The molecular weight excluding hydrogens is 400 g/mol. The van der Waals surface area contributed by atoms with Crippen molar-refractivity contribution in [3.8, 4) is 0 Å². The van der Waals surface area contributed by atoms with Crippen molar-refractivity contribution in [1.29, 1.82) is 0 Å². The second kappa shape index (κ2) is 8.72. The predicted molar refractivity (Wildman–Crippen MR) is 83.7 cm³/mol. The topological polar surface area (TPSA) is 107 Å². The first kappa shape index (κ1) is 23.6. The molecular formula is C15H22F4O7S. The zero-order valence-electron chi connectivity index (χ0n) is 14.8. The van der Waals surface area contributed by atoms with Crippen LogP contribution in [0.4, 0.5) is 17.6 Å². The number of ether oxygens (including phenoxy) is 2. The molecule has 0 aromatic heterocycles. The van der Waals surface area contributed by atoms with E-state index >= 15 is 0 Å². The number of esters is 2. The Bertz CT molecular complexity index is 649. The Morgan fingerprint density at radius 2 is 1.56 bits per heavy atom. The highest BCUT2D eigenvalue weighted by molar-refractivity contribution is 7.87. The van der Waals surface area contributed by atoms with Gasteiger partial charge in [0.25, 0.3) is 0 Å². The van der Waals surface area contributed by atoms with Gasteiger partial charge in [-0.15, -0.1) is 0 Å². The van der Waals surface area contributed by atoms with Crippen LogP contribution in [0.2, 0.25) is 0 Å². The first-order valence-electron chi connectivity index (χ1n) is 8.30. The molecule has 0 aromatic rings. The van der Waals surface area contributed by atoms with Crippen LogP contribution in [0.1, 0.15) is 46.0 Å². The number of hydrogen-bond acceptors (Lipinski definition) is 6. The van der Waals surface area contributed by atoms with Crippen LogP contribution < -0.4 is 0 Å². The maximum Gasteiger partial charge on any atom is 0.431 e. The maximum absolute atomic E-state index is 13.4. The first-order chi connectivity index (χ1) is 12.2. The van der Waals surface area contributed by atoms with Gasteiger partial charge in [-0.3, -0.25) is 14.1 Å². The molecule has 1 rings (SSSR count). The molecule has 158 valence electrons. The smallest absolute Gasteiger partial charge is 0.431 e. The number of hydrogen-bond donors (Lipinski definition) is 1. The highest BCUT2D eigenvalue weighted by Gasteiger charge is 2.65. The normalized spacial score (nSPS) is 21.8. The van der Waals surface area contributed by atoms with Crippen molar-refractivity contribution in [2.45, 2.75) is 63.2 Å². The summed E-state index contributed by atoms with van der Waals surface area (Å²) in [6.45, 7) is 2.02. The molecule has 27 heavy (non-hydrogen) atoms. The SMILES string of the molecule is CC(C)OC(=O)C1CCCCC1C(=O)OCCC(F)(F)C(F)(F)S(=O)(=O)O. The number of rotatable bonds is 8. The molecule has 0 aromatic carbocycles. The van der Waals surface area contributed by atoms with E-state index < -0.39 is 64.2 Å². The summed E-state index contributed by atoms with van der Waals surface area (Å²) in [5, 5.41) is -5.72. The summed E-state index contributed by atoms with van der Waals surface area (Å²) >= 11 is 0. The second-order valence-electron chi connectivity index (χ2n) is 6.60. The summed E-state index contributed by atoms with van der Waals surface area (Å²) in [6.07, 6.45) is -0.421. The molecule has 0 radical (unpaired) electrons. The van der Waals surface area contributed by atoms with Crippen molar-refractivity contribution in [1.82, 2.24) is 0 Å². The molecule has 1 saturated carbocycles. The lowest BCUT2D eigenvalue weighted by Gasteiger charge is -2.29. The fourth-order valence-corrected chi connectivity index (χ4v) is 3.22. The lowest BCUT2D eigenvalue weighted by atomic mass is 9.79. The van der Waals surface area contributed by atoms with Crippen LogP contribution in [0.25, 0.3) is 0 Å². The molecule has 0 aliphatic heterocycles. The molecule has 7 nitrogen and oxygen atoms in total. The largest absolute Gasteiger partial charge is 0.465 e. The monoisotopic (exact) mass is 422 g/mol. The molecule has 2 unspecified atom stereocenters. The van der Waals surface area contributed by atoms with Gasteiger partial charge in [-0.05, 0) is 26.7 Å². The average molecular weight is 422 g/mol. The lowest BCUT2D eigenvalue weighted by Crippen LogP contribution is -2.47. The Hall–Kier alpha value is -1.43. The van der Waals surface area contributed by atoms with Gasteiger partial charge in [0, 0.05) is 0 Å². The Morgan fingerprint density at radius 3 is 2.00 bits per heavy atom. The molecule has 1 fully saturated rings. The molecule has 0 bridgehead atoms. The van der Waals surface area contributed by atoms with Gasteiger partial charge in [-0.1, -0.05) is 12.8 Å². The lowest BCUT2D eigenvalue weighted by molar-refractivity contribution is -0.179. The van der Waals surface area contributed by atoms with Gasteiger partial charge in [-0.25, -0.2) is 0 Å².